The molecule has 9 atom stereocenters. The minimum atomic E-state index is -1.93. The Labute approximate surface area is 398 Å². The molecule has 0 bridgehead atoms. The van der Waals surface area contributed by atoms with Crippen molar-refractivity contribution in [2.24, 2.45) is 17.4 Å². The Bertz CT molecular complexity index is 1860. The molecule has 388 valence electrons. The Hall–Kier alpha value is -6.48. The molecule has 2 fully saturated rings. The summed E-state index contributed by atoms with van der Waals surface area (Å²) in [6.45, 7) is 5.81. The Balaban J connectivity index is 2.10. The molecular weight excluding hydrogens is 913 g/mol. The maximum Gasteiger partial charge on any atom is 0.326 e. The molecule has 0 aromatic heterocycles. The molecule has 27 heteroatoms. The van der Waals surface area contributed by atoms with E-state index in [9.17, 15) is 72.9 Å². The number of likely N-dealkylation sites (tertiary alicyclic amines) is 1. The molecule has 2 aliphatic heterocycles. The van der Waals surface area contributed by atoms with Gasteiger partial charge in [-0.15, -0.1) is 0 Å². The largest absolute Gasteiger partial charge is 0.481 e. The molecule has 1 unspecified atom stereocenters. The van der Waals surface area contributed by atoms with Crippen molar-refractivity contribution >= 4 is 71.0 Å². The van der Waals surface area contributed by atoms with Gasteiger partial charge in [0.15, 0.2) is 0 Å². The van der Waals surface area contributed by atoms with E-state index in [-0.39, 0.29) is 31.7 Å². The normalized spacial score (nSPS) is 18.4. The van der Waals surface area contributed by atoms with Gasteiger partial charge in [0, 0.05) is 13.0 Å². The number of carboxylic acids is 2. The molecule has 2 heterocycles. The molecule has 0 radical (unpaired) electrons. The molecule has 2 aliphatic rings. The van der Waals surface area contributed by atoms with Crippen LogP contribution in [-0.4, -0.2) is 178 Å². The number of carbonyl (C=O) groups excluding carboxylic acids is 10. The second kappa shape index (κ2) is 29.4. The molecule has 0 aromatic rings. The summed E-state index contributed by atoms with van der Waals surface area (Å²) >= 11 is 0. The highest BCUT2D eigenvalue weighted by atomic mass is 16.4. The van der Waals surface area contributed by atoms with Crippen LogP contribution in [0.2, 0.25) is 0 Å². The average Bonchev–Trinajstić information content (AvgIpc) is 4.00. The first-order chi connectivity index (χ1) is 32.4. The van der Waals surface area contributed by atoms with Gasteiger partial charge >= 0.3 is 11.9 Å². The van der Waals surface area contributed by atoms with Crippen molar-refractivity contribution in [3.8, 4) is 0 Å². The summed E-state index contributed by atoms with van der Waals surface area (Å²) in [5.74, 6) is -11.8. The van der Waals surface area contributed by atoms with E-state index in [0.29, 0.717) is 38.8 Å². The number of nitrogens with one attached hydrogen (secondary N) is 9. The van der Waals surface area contributed by atoms with Crippen molar-refractivity contribution in [1.29, 1.82) is 0 Å². The van der Waals surface area contributed by atoms with Crippen LogP contribution in [0.5, 0.6) is 0 Å². The minimum absolute atomic E-state index is 0.0314. The number of carboxylic acid groups (broad SMARTS) is 2. The summed E-state index contributed by atoms with van der Waals surface area (Å²) in [5.41, 5.74) is 10.7. The molecule has 0 aromatic carbocycles. The van der Waals surface area contributed by atoms with E-state index in [1.165, 1.54) is 11.8 Å². The fourth-order valence-electron chi connectivity index (χ4n) is 7.43. The lowest BCUT2D eigenvalue weighted by Gasteiger charge is -2.28. The van der Waals surface area contributed by atoms with Crippen LogP contribution in [-0.2, 0) is 57.5 Å². The molecule has 10 amide bonds. The van der Waals surface area contributed by atoms with E-state index in [1.54, 1.807) is 13.8 Å². The van der Waals surface area contributed by atoms with Gasteiger partial charge in [-0.05, 0) is 90.6 Å². The third-order valence-corrected chi connectivity index (χ3v) is 11.1. The summed E-state index contributed by atoms with van der Waals surface area (Å²) in [6.07, 6.45) is -0.419. The minimum Gasteiger partial charge on any atom is -0.481 e. The number of rotatable bonds is 30. The molecule has 2 rings (SSSR count). The third-order valence-electron chi connectivity index (χ3n) is 11.1. The van der Waals surface area contributed by atoms with E-state index in [0.717, 1.165) is 13.3 Å². The monoisotopic (exact) mass is 983 g/mol. The van der Waals surface area contributed by atoms with Crippen LogP contribution in [0.1, 0.15) is 98.3 Å². The number of primary amides is 1. The second-order valence-electron chi connectivity index (χ2n) is 17.4. The average molecular weight is 983 g/mol. The fourth-order valence-corrected chi connectivity index (χ4v) is 7.43. The summed E-state index contributed by atoms with van der Waals surface area (Å²) in [4.78, 5) is 155. The quantitative estimate of drug-likeness (QED) is 0.0298. The maximum atomic E-state index is 13.6. The zero-order valence-corrected chi connectivity index (χ0v) is 39.4. The zero-order valence-electron chi connectivity index (χ0n) is 39.4. The van der Waals surface area contributed by atoms with Crippen LogP contribution < -0.4 is 59.3 Å². The number of nitrogens with zero attached hydrogens (tertiary/aromatic N) is 1. The van der Waals surface area contributed by atoms with Crippen molar-refractivity contribution < 1.29 is 72.9 Å². The highest BCUT2D eigenvalue weighted by Crippen LogP contribution is 2.18. The van der Waals surface area contributed by atoms with Gasteiger partial charge in [0.2, 0.25) is 59.1 Å². The first-order valence-corrected chi connectivity index (χ1v) is 23.0. The van der Waals surface area contributed by atoms with E-state index in [4.69, 9.17) is 11.5 Å². The summed E-state index contributed by atoms with van der Waals surface area (Å²) in [7, 11) is 0. The van der Waals surface area contributed by atoms with Crippen molar-refractivity contribution in [1.82, 2.24) is 52.8 Å². The van der Waals surface area contributed by atoms with Gasteiger partial charge in [0.1, 0.15) is 42.3 Å². The number of hydrogen-bond acceptors (Lipinski definition) is 15. The molecule has 2 saturated heterocycles. The lowest BCUT2D eigenvalue weighted by atomic mass is 10.0. The smallest absolute Gasteiger partial charge is 0.326 e. The lowest BCUT2D eigenvalue weighted by molar-refractivity contribution is -0.144. The fraction of sp³-hybridized carbons (Fsp3) is 0.714. The number of amides is 10. The van der Waals surface area contributed by atoms with Crippen LogP contribution in [0.15, 0.2) is 0 Å². The van der Waals surface area contributed by atoms with Gasteiger partial charge in [-0.1, -0.05) is 13.8 Å². The number of unbranched alkanes of at least 4 members (excludes halogenated alkanes) is 1. The summed E-state index contributed by atoms with van der Waals surface area (Å²) < 4.78 is 0. The number of carbonyl (C=O) groups is 12. The second-order valence-corrected chi connectivity index (χ2v) is 17.4. The van der Waals surface area contributed by atoms with E-state index in [1.807, 2.05) is 0 Å². The number of hydrogen-bond donors (Lipinski definition) is 14. The lowest BCUT2D eigenvalue weighted by Crippen LogP contribution is -2.61. The van der Waals surface area contributed by atoms with Crippen LogP contribution in [0.4, 0.5) is 0 Å². The Morgan fingerprint density at radius 1 is 0.681 bits per heavy atom. The SMILES string of the molecule is CC(C)C[C@H](NC(=O)[C@@H](NC(=O)[C@H](CC(=O)O)NC(=O)[C@H](CCC(N)=O)NC(=O)CNC(=O)[C@@H]1CCCN1)C(C)O)C(=O)N[C@@H](C)C(=O)NCC(=O)N1CCC[C@H]1C(=O)N[C@@H](CCCCN)C(=O)O. The number of aliphatic hydroxyl groups excluding tert-OH is 1. The van der Waals surface area contributed by atoms with E-state index >= 15 is 0 Å². The molecular formula is C42H70N12O15. The van der Waals surface area contributed by atoms with Crippen LogP contribution in [0, 0.1) is 5.92 Å². The van der Waals surface area contributed by atoms with Crippen LogP contribution in [0.3, 0.4) is 0 Å². The first kappa shape index (κ1) is 58.6. The predicted octanol–water partition coefficient (Wildman–Crippen LogP) is -5.73. The topological polar surface area (TPSA) is 429 Å². The number of aliphatic hydroxyl groups is 1. The Morgan fingerprint density at radius 2 is 1.33 bits per heavy atom. The van der Waals surface area contributed by atoms with Gasteiger partial charge in [0.25, 0.3) is 0 Å². The maximum absolute atomic E-state index is 13.6. The van der Waals surface area contributed by atoms with Crippen molar-refractivity contribution in [3.05, 3.63) is 0 Å². The van der Waals surface area contributed by atoms with Crippen LogP contribution in [0.25, 0.3) is 0 Å². The molecule has 16 N–H and O–H groups in total. The molecule has 0 aliphatic carbocycles. The molecule has 27 nitrogen and oxygen atoms in total. The Kier molecular flexibility index (Phi) is 25.0. The first-order valence-electron chi connectivity index (χ1n) is 23.0. The molecule has 0 spiro atoms. The van der Waals surface area contributed by atoms with Crippen molar-refractivity contribution in [2.45, 2.75) is 153 Å². The highest BCUT2D eigenvalue weighted by Gasteiger charge is 2.38. The summed E-state index contributed by atoms with van der Waals surface area (Å²) in [5, 5.41) is 51.5. The molecule has 0 saturated carbocycles. The van der Waals surface area contributed by atoms with Gasteiger partial charge < -0.3 is 79.5 Å². The zero-order chi connectivity index (χ0) is 52.0. The van der Waals surface area contributed by atoms with Gasteiger partial charge in [-0.25, -0.2) is 4.79 Å². The van der Waals surface area contributed by atoms with Gasteiger partial charge in [-0.2, -0.15) is 0 Å². The Morgan fingerprint density at radius 3 is 1.91 bits per heavy atom. The standard InChI is InChI=1S/C42H70N12O15/c1-21(2)17-27(38(64)48-22(3)35(61)47-20-32(58)54-16-8-11-29(54)40(66)50-26(42(68)69)9-5-6-14-43)52-41(67)34(23(4)55)53-39(65)28(18-33(59)60)51-37(63)25(12-13-30(44)56)49-31(57)19-46-36(62)24-10-7-15-45-24/h21-29,34,45,55H,5-20,43H2,1-4H3,(H2,44,56)(H,46,62)(H,47,61)(H,48,64)(H,49,57)(H,50,66)(H,51,63)(H,52,67)(H,53,65)(H,59,60)(H,68,69)/t22-,23?,24-,25-,26-,27-,28-,29-,34-/m0/s1. The highest BCUT2D eigenvalue weighted by molar-refractivity contribution is 5.98. The van der Waals surface area contributed by atoms with Crippen molar-refractivity contribution in [2.75, 3.05) is 32.7 Å². The van der Waals surface area contributed by atoms with E-state index < -0.39 is 158 Å². The third kappa shape index (κ3) is 20.7. The van der Waals surface area contributed by atoms with Gasteiger partial charge in [0.05, 0.1) is 31.7 Å². The van der Waals surface area contributed by atoms with Gasteiger partial charge in [-0.3, -0.25) is 52.7 Å². The van der Waals surface area contributed by atoms with E-state index in [2.05, 4.69) is 47.9 Å². The van der Waals surface area contributed by atoms with Crippen LogP contribution >= 0.6 is 0 Å². The number of nitrogens with two attached hydrogens (primary N) is 2. The van der Waals surface area contributed by atoms with Crippen molar-refractivity contribution in [3.63, 3.8) is 0 Å². The molecule has 69 heavy (non-hydrogen) atoms. The summed E-state index contributed by atoms with van der Waals surface area (Å²) in [6, 6.07) is -10.7. The number of aliphatic carboxylic acids is 2. The predicted molar refractivity (Wildman–Crippen MR) is 241 cm³/mol.